The molecular formula is C22H30O5. The zero-order valence-corrected chi connectivity index (χ0v) is 16.7. The minimum absolute atomic E-state index is 0.130. The van der Waals surface area contributed by atoms with E-state index in [9.17, 15) is 14.7 Å². The van der Waals surface area contributed by atoms with Crippen LogP contribution in [0.15, 0.2) is 11.6 Å². The number of allylic oxidation sites excluding steroid dienone is 1. The molecule has 0 aliphatic heterocycles. The zero-order valence-electron chi connectivity index (χ0n) is 16.7. The van der Waals surface area contributed by atoms with Crippen LogP contribution in [0.1, 0.15) is 46.0 Å². The van der Waals surface area contributed by atoms with Gasteiger partial charge < -0.3 is 14.6 Å². The van der Waals surface area contributed by atoms with Crippen LogP contribution in [0, 0.1) is 45.8 Å². The van der Waals surface area contributed by atoms with Crippen molar-refractivity contribution in [3.8, 4) is 0 Å². The van der Waals surface area contributed by atoms with Crippen molar-refractivity contribution < 1.29 is 24.2 Å². The molecule has 1 spiro atoms. The second-order valence-electron chi connectivity index (χ2n) is 10.2. The maximum atomic E-state index is 13.2. The van der Waals surface area contributed by atoms with Crippen LogP contribution >= 0.6 is 0 Å². The molecule has 0 saturated heterocycles. The van der Waals surface area contributed by atoms with Crippen LogP contribution in [0.25, 0.3) is 0 Å². The lowest BCUT2D eigenvalue weighted by atomic mass is 9.60. The fourth-order valence-corrected chi connectivity index (χ4v) is 8.36. The Balaban J connectivity index is 1.70. The van der Waals surface area contributed by atoms with E-state index in [1.54, 1.807) is 6.92 Å². The van der Waals surface area contributed by atoms with Crippen molar-refractivity contribution in [2.75, 3.05) is 14.2 Å². The molecule has 0 heterocycles. The van der Waals surface area contributed by atoms with Crippen molar-refractivity contribution in [3.63, 3.8) is 0 Å². The van der Waals surface area contributed by atoms with Gasteiger partial charge in [-0.15, -0.1) is 0 Å². The Kier molecular flexibility index (Phi) is 3.39. The highest BCUT2D eigenvalue weighted by Gasteiger charge is 2.79. The molecule has 0 aromatic rings. The van der Waals surface area contributed by atoms with Gasteiger partial charge in [0.05, 0.1) is 31.7 Å². The van der Waals surface area contributed by atoms with E-state index in [4.69, 9.17) is 9.47 Å². The molecular weight excluding hydrogens is 344 g/mol. The highest BCUT2D eigenvalue weighted by atomic mass is 16.5. The Morgan fingerprint density at radius 3 is 2.48 bits per heavy atom. The second kappa shape index (κ2) is 5.16. The van der Waals surface area contributed by atoms with Crippen LogP contribution in [0.4, 0.5) is 0 Å². The largest absolute Gasteiger partial charge is 0.469 e. The van der Waals surface area contributed by atoms with Gasteiger partial charge in [-0.3, -0.25) is 9.59 Å². The van der Waals surface area contributed by atoms with Gasteiger partial charge >= 0.3 is 11.9 Å². The molecule has 0 radical (unpaired) electrons. The van der Waals surface area contributed by atoms with Crippen LogP contribution in [0.3, 0.4) is 0 Å². The van der Waals surface area contributed by atoms with Crippen LogP contribution in [-0.4, -0.2) is 37.4 Å². The van der Waals surface area contributed by atoms with Gasteiger partial charge in [-0.2, -0.15) is 0 Å². The van der Waals surface area contributed by atoms with Crippen molar-refractivity contribution in [1.82, 2.24) is 0 Å². The number of aliphatic hydroxyl groups is 1. The first-order valence-corrected chi connectivity index (χ1v) is 10.3. The number of esters is 2. The van der Waals surface area contributed by atoms with Crippen LogP contribution in [0.5, 0.6) is 0 Å². The summed E-state index contributed by atoms with van der Waals surface area (Å²) in [7, 11) is 2.81. The van der Waals surface area contributed by atoms with Gasteiger partial charge in [0, 0.05) is 5.92 Å². The fraction of sp³-hybridized carbons (Fsp3) is 0.818. The lowest BCUT2D eigenvalue weighted by molar-refractivity contribution is -0.171. The predicted octanol–water partition coefficient (Wildman–Crippen LogP) is 2.72. The average molecular weight is 374 g/mol. The third-order valence-corrected chi connectivity index (χ3v) is 9.55. The van der Waals surface area contributed by atoms with E-state index >= 15 is 0 Å². The van der Waals surface area contributed by atoms with Crippen molar-refractivity contribution in [2.45, 2.75) is 52.1 Å². The fourth-order valence-electron chi connectivity index (χ4n) is 8.36. The van der Waals surface area contributed by atoms with Gasteiger partial charge in [0.15, 0.2) is 0 Å². The number of hydrogen-bond donors (Lipinski definition) is 1. The molecule has 4 bridgehead atoms. The van der Waals surface area contributed by atoms with E-state index in [0.29, 0.717) is 23.7 Å². The molecule has 27 heavy (non-hydrogen) atoms. The first-order chi connectivity index (χ1) is 12.8. The number of carbonyl (C=O) groups is 2. The molecule has 6 aliphatic carbocycles. The number of hydrogen-bond acceptors (Lipinski definition) is 5. The summed E-state index contributed by atoms with van der Waals surface area (Å²) in [6.45, 7) is 4.18. The summed E-state index contributed by atoms with van der Waals surface area (Å²) >= 11 is 0. The monoisotopic (exact) mass is 374 g/mol. The van der Waals surface area contributed by atoms with Crippen LogP contribution in [-0.2, 0) is 19.1 Å². The summed E-state index contributed by atoms with van der Waals surface area (Å²) in [6.07, 6.45) is 6.13. The number of carbonyl (C=O) groups excluding carboxylic acids is 2. The van der Waals surface area contributed by atoms with Gasteiger partial charge in [-0.1, -0.05) is 18.6 Å². The van der Waals surface area contributed by atoms with Crippen LogP contribution in [0.2, 0.25) is 0 Å². The molecule has 0 unspecified atom stereocenters. The molecule has 9 atom stereocenters. The van der Waals surface area contributed by atoms with Crippen molar-refractivity contribution in [3.05, 3.63) is 11.6 Å². The molecule has 5 saturated carbocycles. The first kappa shape index (κ1) is 17.7. The summed E-state index contributed by atoms with van der Waals surface area (Å²) < 4.78 is 10.4. The van der Waals surface area contributed by atoms with Crippen molar-refractivity contribution in [1.29, 1.82) is 0 Å². The smallest absolute Gasteiger partial charge is 0.314 e. The topological polar surface area (TPSA) is 72.8 Å². The van der Waals surface area contributed by atoms with Gasteiger partial charge in [0.1, 0.15) is 0 Å². The molecule has 5 nitrogen and oxygen atoms in total. The third-order valence-electron chi connectivity index (χ3n) is 9.55. The highest BCUT2D eigenvalue weighted by Crippen LogP contribution is 2.83. The van der Waals surface area contributed by atoms with Crippen molar-refractivity contribution in [2.24, 2.45) is 45.8 Å². The molecule has 6 rings (SSSR count). The van der Waals surface area contributed by atoms with E-state index in [2.05, 4.69) is 13.0 Å². The minimum atomic E-state index is -1.11. The van der Waals surface area contributed by atoms with Gasteiger partial charge in [-0.05, 0) is 67.6 Å². The minimum Gasteiger partial charge on any atom is -0.469 e. The van der Waals surface area contributed by atoms with E-state index < -0.39 is 17.5 Å². The summed E-state index contributed by atoms with van der Waals surface area (Å²) in [5, 5.41) is 10.9. The quantitative estimate of drug-likeness (QED) is 0.594. The SMILES string of the molecule is COC(=O)[C@H]1[C@H]2C(=CC[C@H](O)[C@@]2(C)C(=O)OC)[C@@H]2CC[C@@H]3[C@H]4C[C@@]21C[C@@]34C. The van der Waals surface area contributed by atoms with E-state index in [-0.39, 0.29) is 23.2 Å². The number of methoxy groups -OCH3 is 2. The van der Waals surface area contributed by atoms with E-state index in [0.717, 1.165) is 25.2 Å². The molecule has 0 aromatic heterocycles. The molecule has 0 amide bonds. The summed E-state index contributed by atoms with van der Waals surface area (Å²) in [4.78, 5) is 26.0. The Bertz CT molecular complexity index is 758. The maximum Gasteiger partial charge on any atom is 0.314 e. The molecule has 5 fully saturated rings. The number of rotatable bonds is 2. The van der Waals surface area contributed by atoms with Gasteiger partial charge in [-0.25, -0.2) is 0 Å². The Hall–Kier alpha value is -1.36. The predicted molar refractivity (Wildman–Crippen MR) is 97.3 cm³/mol. The summed E-state index contributed by atoms with van der Waals surface area (Å²) in [6, 6.07) is 0. The van der Waals surface area contributed by atoms with Gasteiger partial charge in [0.25, 0.3) is 0 Å². The zero-order chi connectivity index (χ0) is 19.4. The Morgan fingerprint density at radius 2 is 1.89 bits per heavy atom. The average Bonchev–Trinajstić information content (AvgIpc) is 3.04. The first-order valence-electron chi connectivity index (χ1n) is 10.3. The third kappa shape index (κ3) is 1.81. The lowest BCUT2D eigenvalue weighted by Crippen LogP contribution is -2.52. The van der Waals surface area contributed by atoms with Gasteiger partial charge in [0.2, 0.25) is 0 Å². The summed E-state index contributed by atoms with van der Waals surface area (Å²) in [5.74, 6) is 0.474. The lowest BCUT2D eigenvalue weighted by Gasteiger charge is -2.44. The van der Waals surface area contributed by atoms with E-state index in [1.807, 2.05) is 0 Å². The number of fused-ring (bicyclic) bond motifs is 2. The molecule has 1 N–H and O–H groups in total. The van der Waals surface area contributed by atoms with Crippen LogP contribution < -0.4 is 0 Å². The molecule has 5 heteroatoms. The second-order valence-corrected chi connectivity index (χ2v) is 10.2. The summed E-state index contributed by atoms with van der Waals surface area (Å²) in [5.41, 5.74) is 0.324. The Labute approximate surface area is 160 Å². The number of aliphatic hydroxyl groups excluding tert-OH is 1. The standard InChI is InChI=1S/C22H30O5/c1-20-10-22-9-14(20)13(20)7-6-12(22)11-5-8-15(23)21(2,19(25)27-4)16(11)17(22)18(24)26-3/h5,12-17,23H,6-10H2,1-4H3/t12-,13+,14+,15-,16+,17+,20-,21+,22+/m0/s1. The molecule has 6 aliphatic rings. The maximum absolute atomic E-state index is 13.2. The molecule has 148 valence electrons. The van der Waals surface area contributed by atoms with E-state index in [1.165, 1.54) is 26.2 Å². The number of ether oxygens (including phenoxy) is 2. The van der Waals surface area contributed by atoms with Crippen molar-refractivity contribution >= 4 is 11.9 Å². The Morgan fingerprint density at radius 1 is 1.15 bits per heavy atom. The molecule has 0 aromatic carbocycles. The highest BCUT2D eigenvalue weighted by molar-refractivity contribution is 5.83. The normalized spacial score (nSPS) is 54.3.